The number of nitrogens with one attached hydrogen (secondary N) is 2. The maximum atomic E-state index is 14.7. The van der Waals surface area contributed by atoms with E-state index in [4.69, 9.17) is 42.6 Å². The lowest BCUT2D eigenvalue weighted by molar-refractivity contribution is -0.265. The number of methoxy groups -OCH3 is 3. The lowest BCUT2D eigenvalue weighted by Gasteiger charge is -2.42. The SMILES string of the molecule is CO[C@H]1C[C@@H]2CC[C@@H](C)[C@@](O)(O2)C(=O)C(=O)N2CCCC[C@H]2C(=O)O[C@H]([C@H](C)C[C@@H]2CC[C@H](OCCOCc3cn(CCOCCOCCNc4cccc5c4C(=O)N(C4CCC(=O)NC4=O)C5=O)nn3)[C@H](OC)C2)CC(=O)[C@H](C)/C=C(/C)[C@@H](O)[C@@H](OC)C(=O)[C@H](C)C[C@H](C)/C=C\C=CC=C1C. The lowest BCUT2D eigenvalue weighted by atomic mass is 9.78. The highest BCUT2D eigenvalue weighted by Crippen LogP contribution is 2.39. The fourth-order valence-electron chi connectivity index (χ4n) is 14.6. The number of benzene rings is 1. The van der Waals surface area contributed by atoms with Crippen molar-refractivity contribution in [2.75, 3.05) is 79.4 Å². The number of hydrogen-bond donors (Lipinski definition) is 4. The zero-order valence-electron chi connectivity index (χ0n) is 60.9. The smallest absolute Gasteiger partial charge is 0.329 e. The molecule has 102 heavy (non-hydrogen) atoms. The monoisotopic (exact) mass is 1430 g/mol. The van der Waals surface area contributed by atoms with Gasteiger partial charge in [-0.15, -0.1) is 5.10 Å². The number of aliphatic hydroxyl groups excluding tert-OH is 1. The molecule has 4 N–H and O–H groups in total. The Morgan fingerprint density at radius 1 is 0.775 bits per heavy atom. The van der Waals surface area contributed by atoms with Crippen LogP contribution in [0.5, 0.6) is 0 Å². The van der Waals surface area contributed by atoms with Crippen molar-refractivity contribution in [1.82, 2.24) is 30.1 Å². The van der Waals surface area contributed by atoms with Gasteiger partial charge in [-0.05, 0) is 126 Å². The number of amides is 5. The predicted molar refractivity (Wildman–Crippen MR) is 372 cm³/mol. The fraction of sp³-hybridized carbons (Fsp3) is 0.667. The van der Waals surface area contributed by atoms with Gasteiger partial charge in [0.2, 0.25) is 17.6 Å². The molecule has 5 amide bonds. The summed E-state index contributed by atoms with van der Waals surface area (Å²) >= 11 is 0. The van der Waals surface area contributed by atoms with E-state index in [9.17, 15) is 53.4 Å². The number of hydrogen-bond acceptors (Lipinski definition) is 23. The van der Waals surface area contributed by atoms with Gasteiger partial charge in [-0.3, -0.25) is 48.6 Å². The first-order valence-corrected chi connectivity index (χ1v) is 36.2. The van der Waals surface area contributed by atoms with Crippen molar-refractivity contribution < 1.29 is 96.0 Å². The minimum atomic E-state index is -2.47. The quantitative estimate of drug-likeness (QED) is 0.0301. The third kappa shape index (κ3) is 21.1. The number of imide groups is 2. The van der Waals surface area contributed by atoms with Crippen LogP contribution in [0.3, 0.4) is 0 Å². The second-order valence-corrected chi connectivity index (χ2v) is 28.3. The van der Waals surface area contributed by atoms with Gasteiger partial charge in [0.1, 0.15) is 41.9 Å². The van der Waals surface area contributed by atoms with Gasteiger partial charge in [0.25, 0.3) is 23.5 Å². The molecule has 3 saturated heterocycles. The number of anilines is 1. The Morgan fingerprint density at radius 2 is 1.54 bits per heavy atom. The summed E-state index contributed by atoms with van der Waals surface area (Å²) in [5.41, 5.74) is 2.65. The highest BCUT2D eigenvalue weighted by Gasteiger charge is 2.53. The van der Waals surface area contributed by atoms with Gasteiger partial charge in [-0.2, -0.15) is 0 Å². The molecule has 1 aromatic carbocycles. The number of aromatic nitrogens is 3. The van der Waals surface area contributed by atoms with Crippen LogP contribution in [0.15, 0.2) is 72.0 Å². The van der Waals surface area contributed by atoms with Gasteiger partial charge in [0.05, 0.1) is 94.5 Å². The Morgan fingerprint density at radius 3 is 2.28 bits per heavy atom. The van der Waals surface area contributed by atoms with Gasteiger partial charge in [0, 0.05) is 77.1 Å². The third-order valence-corrected chi connectivity index (χ3v) is 20.7. The maximum Gasteiger partial charge on any atom is 0.329 e. The number of ketones is 3. The van der Waals surface area contributed by atoms with Crippen molar-refractivity contribution in [2.45, 2.75) is 212 Å². The van der Waals surface area contributed by atoms with Gasteiger partial charge >= 0.3 is 5.97 Å². The molecule has 8 rings (SSSR count). The predicted octanol–water partition coefficient (Wildman–Crippen LogP) is 6.56. The number of carbonyl (C=O) groups excluding carboxylic acids is 9. The van der Waals surface area contributed by atoms with Crippen molar-refractivity contribution in [3.8, 4) is 0 Å². The van der Waals surface area contributed by atoms with Crippen molar-refractivity contribution in [3.05, 3.63) is 88.8 Å². The third-order valence-electron chi connectivity index (χ3n) is 20.7. The molecular formula is C75H107N7O20. The number of aliphatic hydroxyl groups is 2. The van der Waals surface area contributed by atoms with Crippen LogP contribution in [0.2, 0.25) is 0 Å². The Balaban J connectivity index is 0.818. The average Bonchev–Trinajstić information content (AvgIpc) is 1.46. The molecule has 562 valence electrons. The van der Waals surface area contributed by atoms with Crippen LogP contribution in [0.4, 0.5) is 5.69 Å². The summed E-state index contributed by atoms with van der Waals surface area (Å²) in [5, 5.41) is 37.5. The molecule has 6 heterocycles. The molecular weight excluding hydrogens is 1320 g/mol. The standard InChI is InChI=1S/C75H107N7O20/c1-45-17-12-11-13-18-46(2)61(94-8)41-54-24-22-51(7)75(93,102-54)69(87)73(91)81-29-15-14-21-58(81)74(92)101-62(42-59(83)47(3)38-50(6)67(86)68(96-10)66(85)49(5)37-45)48(4)39-52-23-26-60(63(40-52)95-9)100-36-35-99-44-53-43-80(79-78-53)30-32-98-34-33-97-31-28-76-56-20-16-19-55-65(56)72(90)82(71(55)89)57-25-27-64(84)77-70(57)88/h11-13,16-20,38,43,45,47-49,51-52,54,57-58,60-63,67-68,76,86,93H,14-15,21-37,39-42,44H2,1-10H3,(H,77,84,88)/b13-11?,17-12-,46-18?,50-38-/t45-,47-,48-,49-,51-,52+,54+,57?,58+,60+,61+,62+,63-,67-,68+,75-/m1/s1. The van der Waals surface area contributed by atoms with Gasteiger partial charge < -0.3 is 63.1 Å². The molecule has 27 nitrogen and oxygen atoms in total. The zero-order chi connectivity index (χ0) is 73.8. The van der Waals surface area contributed by atoms with E-state index >= 15 is 0 Å². The molecule has 1 saturated carbocycles. The Bertz CT molecular complexity index is 3370. The molecule has 5 aliphatic heterocycles. The molecule has 1 aromatic heterocycles. The minimum absolute atomic E-state index is 0.0115. The van der Waals surface area contributed by atoms with E-state index in [1.54, 1.807) is 64.1 Å². The molecule has 6 aliphatic rings. The van der Waals surface area contributed by atoms with E-state index in [-0.39, 0.29) is 105 Å². The van der Waals surface area contributed by atoms with E-state index in [0.29, 0.717) is 108 Å². The normalized spacial score (nSPS) is 31.4. The van der Waals surface area contributed by atoms with Gasteiger partial charge in [0.15, 0.2) is 5.78 Å². The first-order chi connectivity index (χ1) is 48.9. The van der Waals surface area contributed by atoms with E-state index < -0.39 is 113 Å². The Kier molecular flexibility index (Phi) is 30.5. The number of Topliss-reactive ketones (excluding diaryl/α,β-unsaturated/α-hetero) is 3. The van der Waals surface area contributed by atoms with E-state index in [2.05, 4.69) is 20.9 Å². The minimum Gasteiger partial charge on any atom is -0.460 e. The number of ether oxygens (including phenoxy) is 9. The second-order valence-electron chi connectivity index (χ2n) is 28.3. The molecule has 4 fully saturated rings. The fourth-order valence-corrected chi connectivity index (χ4v) is 14.6. The van der Waals surface area contributed by atoms with Crippen LogP contribution in [0.1, 0.15) is 165 Å². The average molecular weight is 1430 g/mol. The first-order valence-electron chi connectivity index (χ1n) is 36.2. The Hall–Kier alpha value is -7.05. The van der Waals surface area contributed by atoms with Gasteiger partial charge in [-0.1, -0.05) is 82.4 Å². The molecule has 27 heteroatoms. The number of fused-ring (bicyclic) bond motifs is 4. The highest BCUT2D eigenvalue weighted by molar-refractivity contribution is 6.39. The zero-order valence-corrected chi connectivity index (χ0v) is 60.9. The van der Waals surface area contributed by atoms with E-state index in [0.717, 1.165) is 16.9 Å². The summed E-state index contributed by atoms with van der Waals surface area (Å²) in [6.45, 7) is 15.5. The summed E-state index contributed by atoms with van der Waals surface area (Å²) in [6.07, 6.45) is 13.1. The summed E-state index contributed by atoms with van der Waals surface area (Å²) < 4.78 is 55.5. The van der Waals surface area contributed by atoms with Crippen molar-refractivity contribution in [3.63, 3.8) is 0 Å². The molecule has 1 aliphatic carbocycles. The topological polar surface area (TPSA) is 338 Å². The number of rotatable bonds is 23. The van der Waals surface area contributed by atoms with Crippen molar-refractivity contribution >= 4 is 58.5 Å². The molecule has 16 atom stereocenters. The van der Waals surface area contributed by atoms with Crippen LogP contribution >= 0.6 is 0 Å². The summed E-state index contributed by atoms with van der Waals surface area (Å²) in [4.78, 5) is 125. The van der Waals surface area contributed by atoms with Crippen LogP contribution in [-0.2, 0) is 89.3 Å². The van der Waals surface area contributed by atoms with Crippen LogP contribution in [-0.4, -0.2) is 223 Å². The summed E-state index contributed by atoms with van der Waals surface area (Å²) in [6, 6.07) is 2.62. The maximum absolute atomic E-state index is 14.7. The largest absolute Gasteiger partial charge is 0.460 e. The number of esters is 1. The summed E-state index contributed by atoms with van der Waals surface area (Å²) in [7, 11) is 4.58. The number of carbonyl (C=O) groups is 9. The van der Waals surface area contributed by atoms with Gasteiger partial charge in [-0.25, -0.2) is 9.48 Å². The highest BCUT2D eigenvalue weighted by atomic mass is 16.6. The van der Waals surface area contributed by atoms with Crippen LogP contribution < -0.4 is 10.6 Å². The van der Waals surface area contributed by atoms with Crippen molar-refractivity contribution in [2.24, 2.45) is 35.5 Å². The Labute approximate surface area is 598 Å². The number of allylic oxidation sites excluding steroid dienone is 6. The second kappa shape index (κ2) is 38.6. The van der Waals surface area contributed by atoms with E-state index in [1.165, 1.54) is 18.1 Å². The lowest BCUT2D eigenvalue weighted by Crippen LogP contribution is -2.61. The van der Waals surface area contributed by atoms with E-state index in [1.807, 2.05) is 58.1 Å². The number of nitrogens with zero attached hydrogens (tertiary/aromatic N) is 5. The van der Waals surface area contributed by atoms with Crippen LogP contribution in [0.25, 0.3) is 0 Å². The van der Waals surface area contributed by atoms with Crippen LogP contribution in [0, 0.1) is 35.5 Å². The number of cyclic esters (lactones) is 1. The molecule has 2 bridgehead atoms. The number of piperidine rings is 2. The first kappa shape index (κ1) is 80.6. The van der Waals surface area contributed by atoms with Crippen molar-refractivity contribution in [1.29, 1.82) is 0 Å². The summed E-state index contributed by atoms with van der Waals surface area (Å²) in [5.74, 6) is -10.7. The molecule has 0 radical (unpaired) electrons. The molecule has 1 unspecified atom stereocenters. The molecule has 0 spiro atoms. The molecule has 2 aromatic rings.